The zero-order valence-corrected chi connectivity index (χ0v) is 13.3. The summed E-state index contributed by atoms with van der Waals surface area (Å²) in [6.45, 7) is 10.2. The Bertz CT molecular complexity index is 310. The van der Waals surface area contributed by atoms with E-state index in [1.807, 2.05) is 0 Å². The van der Waals surface area contributed by atoms with Gasteiger partial charge in [0.15, 0.2) is 5.96 Å². The van der Waals surface area contributed by atoms with Crippen LogP contribution in [0.2, 0.25) is 0 Å². The second kappa shape index (κ2) is 7.87. The Morgan fingerprint density at radius 3 is 2.65 bits per heavy atom. The van der Waals surface area contributed by atoms with Crippen LogP contribution in [0.3, 0.4) is 0 Å². The van der Waals surface area contributed by atoms with Crippen LogP contribution < -0.4 is 11.1 Å². The maximum absolute atomic E-state index is 5.96. The van der Waals surface area contributed by atoms with E-state index >= 15 is 0 Å². The van der Waals surface area contributed by atoms with Gasteiger partial charge in [-0.25, -0.2) is 0 Å². The number of nitrogens with two attached hydrogens (primary N) is 1. The zero-order chi connectivity index (χ0) is 14.4. The molecule has 20 heavy (non-hydrogen) atoms. The smallest absolute Gasteiger partial charge is 0.188 e. The number of rotatable bonds is 6. The molecule has 4 nitrogen and oxygen atoms in total. The van der Waals surface area contributed by atoms with E-state index in [-0.39, 0.29) is 0 Å². The Morgan fingerprint density at radius 2 is 2.00 bits per heavy atom. The molecule has 0 bridgehead atoms. The Hall–Kier alpha value is -0.770. The maximum Gasteiger partial charge on any atom is 0.188 e. The zero-order valence-electron chi connectivity index (χ0n) is 13.3. The van der Waals surface area contributed by atoms with E-state index in [9.17, 15) is 0 Å². The summed E-state index contributed by atoms with van der Waals surface area (Å²) in [5.41, 5.74) is 5.96. The summed E-state index contributed by atoms with van der Waals surface area (Å²) >= 11 is 0. The van der Waals surface area contributed by atoms with Crippen LogP contribution >= 0.6 is 0 Å². The summed E-state index contributed by atoms with van der Waals surface area (Å²) in [7, 11) is 0. The van der Waals surface area contributed by atoms with Crippen molar-refractivity contribution in [1.29, 1.82) is 0 Å². The fourth-order valence-corrected chi connectivity index (χ4v) is 3.21. The van der Waals surface area contributed by atoms with Gasteiger partial charge in [0.2, 0.25) is 0 Å². The van der Waals surface area contributed by atoms with Crippen molar-refractivity contribution in [3.8, 4) is 0 Å². The van der Waals surface area contributed by atoms with Gasteiger partial charge >= 0.3 is 0 Å². The fraction of sp³-hybridized carbons (Fsp3) is 0.938. The lowest BCUT2D eigenvalue weighted by molar-refractivity contribution is 0.162. The van der Waals surface area contributed by atoms with E-state index in [0.717, 1.165) is 24.9 Å². The first-order valence-electron chi connectivity index (χ1n) is 8.39. The molecule has 2 rings (SSSR count). The van der Waals surface area contributed by atoms with Gasteiger partial charge in [0, 0.05) is 26.2 Å². The highest BCUT2D eigenvalue weighted by atomic mass is 15.1. The molecule has 2 fully saturated rings. The molecule has 0 aromatic carbocycles. The summed E-state index contributed by atoms with van der Waals surface area (Å²) in [6, 6.07) is 0. The van der Waals surface area contributed by atoms with Crippen LogP contribution in [0.5, 0.6) is 0 Å². The van der Waals surface area contributed by atoms with Gasteiger partial charge in [-0.3, -0.25) is 4.99 Å². The SMILES string of the molecule is CC(C)CN1CCCC(CN=C(N)NCC2CCC2)C1. The van der Waals surface area contributed by atoms with Gasteiger partial charge in [-0.05, 0) is 50.0 Å². The highest BCUT2D eigenvalue weighted by Crippen LogP contribution is 2.25. The lowest BCUT2D eigenvalue weighted by Gasteiger charge is -2.33. The van der Waals surface area contributed by atoms with Crippen LogP contribution in [0.25, 0.3) is 0 Å². The molecule has 1 unspecified atom stereocenters. The standard InChI is InChI=1S/C16H32N4/c1-13(2)11-20-8-4-7-15(12-20)10-19-16(17)18-9-14-5-3-6-14/h13-15H,3-12H2,1-2H3,(H3,17,18,19). The Morgan fingerprint density at radius 1 is 1.25 bits per heavy atom. The van der Waals surface area contributed by atoms with E-state index in [2.05, 4.69) is 29.1 Å². The summed E-state index contributed by atoms with van der Waals surface area (Å²) < 4.78 is 0. The number of hydrogen-bond acceptors (Lipinski definition) is 2. The molecule has 0 amide bonds. The van der Waals surface area contributed by atoms with E-state index < -0.39 is 0 Å². The van der Waals surface area contributed by atoms with Crippen molar-refractivity contribution in [3.63, 3.8) is 0 Å². The summed E-state index contributed by atoms with van der Waals surface area (Å²) in [5.74, 6) is 2.93. The molecule has 0 radical (unpaired) electrons. The molecule has 116 valence electrons. The lowest BCUT2D eigenvalue weighted by Crippen LogP contribution is -2.40. The van der Waals surface area contributed by atoms with E-state index in [1.165, 1.54) is 51.7 Å². The third-order valence-corrected chi connectivity index (χ3v) is 4.54. The number of guanidine groups is 1. The van der Waals surface area contributed by atoms with Gasteiger partial charge in [0.05, 0.1) is 0 Å². The molecule has 1 aliphatic heterocycles. The van der Waals surface area contributed by atoms with E-state index in [4.69, 9.17) is 5.73 Å². The third-order valence-electron chi connectivity index (χ3n) is 4.54. The summed E-state index contributed by atoms with van der Waals surface area (Å²) in [6.07, 6.45) is 6.70. The number of piperidine rings is 1. The van der Waals surface area contributed by atoms with Crippen molar-refractivity contribution in [3.05, 3.63) is 0 Å². The Balaban J connectivity index is 1.66. The molecule has 4 heteroatoms. The highest BCUT2D eigenvalue weighted by Gasteiger charge is 2.20. The average molecular weight is 280 g/mol. The van der Waals surface area contributed by atoms with Crippen molar-refractivity contribution in [2.24, 2.45) is 28.5 Å². The first-order valence-corrected chi connectivity index (χ1v) is 8.39. The van der Waals surface area contributed by atoms with Gasteiger partial charge in [0.1, 0.15) is 0 Å². The van der Waals surface area contributed by atoms with Crippen LogP contribution in [0.1, 0.15) is 46.0 Å². The largest absolute Gasteiger partial charge is 0.370 e. The number of nitrogens with zero attached hydrogens (tertiary/aromatic N) is 2. The number of aliphatic imine (C=N–C) groups is 1. The van der Waals surface area contributed by atoms with Crippen molar-refractivity contribution < 1.29 is 0 Å². The molecular formula is C16H32N4. The van der Waals surface area contributed by atoms with Crippen LogP contribution in [0.15, 0.2) is 4.99 Å². The van der Waals surface area contributed by atoms with Gasteiger partial charge < -0.3 is 16.0 Å². The maximum atomic E-state index is 5.96. The van der Waals surface area contributed by atoms with Gasteiger partial charge in [0.25, 0.3) is 0 Å². The Labute approximate surface area is 124 Å². The molecular weight excluding hydrogens is 248 g/mol. The second-order valence-corrected chi connectivity index (χ2v) is 7.07. The van der Waals surface area contributed by atoms with Crippen molar-refractivity contribution >= 4 is 5.96 Å². The van der Waals surface area contributed by atoms with Gasteiger partial charge in [-0.2, -0.15) is 0 Å². The first kappa shape index (κ1) is 15.6. The topological polar surface area (TPSA) is 53.6 Å². The van der Waals surface area contributed by atoms with Crippen LogP contribution in [0.4, 0.5) is 0 Å². The van der Waals surface area contributed by atoms with Gasteiger partial charge in [-0.1, -0.05) is 20.3 Å². The molecule has 3 N–H and O–H groups in total. The van der Waals surface area contributed by atoms with Crippen molar-refractivity contribution in [2.45, 2.75) is 46.0 Å². The van der Waals surface area contributed by atoms with Crippen LogP contribution in [-0.4, -0.2) is 43.6 Å². The summed E-state index contributed by atoms with van der Waals surface area (Å²) in [5, 5.41) is 3.28. The molecule has 2 aliphatic rings. The minimum atomic E-state index is 0.651. The third kappa shape index (κ3) is 5.31. The molecule has 1 aliphatic carbocycles. The van der Waals surface area contributed by atoms with Crippen LogP contribution in [0, 0.1) is 17.8 Å². The molecule has 1 heterocycles. The first-order chi connectivity index (χ1) is 9.63. The van der Waals surface area contributed by atoms with Gasteiger partial charge in [-0.15, -0.1) is 0 Å². The molecule has 0 spiro atoms. The van der Waals surface area contributed by atoms with Crippen LogP contribution in [-0.2, 0) is 0 Å². The second-order valence-electron chi connectivity index (χ2n) is 7.07. The number of nitrogens with one attached hydrogen (secondary N) is 1. The monoisotopic (exact) mass is 280 g/mol. The van der Waals surface area contributed by atoms with E-state index in [0.29, 0.717) is 11.9 Å². The highest BCUT2D eigenvalue weighted by molar-refractivity contribution is 5.77. The Kier molecular flexibility index (Phi) is 6.14. The molecule has 0 aromatic heterocycles. The lowest BCUT2D eigenvalue weighted by atomic mass is 9.85. The normalized spacial score (nSPS) is 25.8. The minimum Gasteiger partial charge on any atom is -0.370 e. The quantitative estimate of drug-likeness (QED) is 0.578. The van der Waals surface area contributed by atoms with Crippen molar-refractivity contribution in [2.75, 3.05) is 32.7 Å². The molecule has 1 saturated heterocycles. The molecule has 0 aromatic rings. The number of likely N-dealkylation sites (tertiary alicyclic amines) is 1. The fourth-order valence-electron chi connectivity index (χ4n) is 3.21. The predicted molar refractivity (Wildman–Crippen MR) is 85.8 cm³/mol. The molecule has 1 atom stereocenters. The molecule has 1 saturated carbocycles. The average Bonchev–Trinajstić information content (AvgIpc) is 2.34. The number of hydrogen-bond donors (Lipinski definition) is 2. The van der Waals surface area contributed by atoms with E-state index in [1.54, 1.807) is 0 Å². The van der Waals surface area contributed by atoms with Crippen molar-refractivity contribution in [1.82, 2.24) is 10.2 Å². The predicted octanol–water partition coefficient (Wildman–Crippen LogP) is 2.06. The minimum absolute atomic E-state index is 0.651. The summed E-state index contributed by atoms with van der Waals surface area (Å²) in [4.78, 5) is 7.14.